The lowest BCUT2D eigenvalue weighted by atomic mass is 10.1. The van der Waals surface area contributed by atoms with E-state index in [0.29, 0.717) is 12.8 Å². The molecule has 0 amide bonds. The lowest BCUT2D eigenvalue weighted by Crippen LogP contribution is -2.24. The van der Waals surface area contributed by atoms with Gasteiger partial charge in [-0.3, -0.25) is 4.18 Å². The fraction of sp³-hybridized carbons (Fsp3) is 0.429. The summed E-state index contributed by atoms with van der Waals surface area (Å²) in [6.45, 7) is -0.126. The van der Waals surface area contributed by atoms with Crippen molar-refractivity contribution < 1.29 is 17.7 Å². The number of hydrogen-bond donors (Lipinski definition) is 3. The number of halogens is 1. The van der Waals surface area contributed by atoms with Crippen LogP contribution >= 0.6 is 12.4 Å². The van der Waals surface area contributed by atoms with Gasteiger partial charge in [-0.1, -0.05) is 24.3 Å². The summed E-state index contributed by atoms with van der Waals surface area (Å²) < 4.78 is 28.9. The summed E-state index contributed by atoms with van der Waals surface area (Å²) in [7, 11) is -4.03. The van der Waals surface area contributed by atoms with E-state index in [0.717, 1.165) is 29.7 Å². The van der Waals surface area contributed by atoms with Crippen molar-refractivity contribution >= 4 is 39.6 Å². The van der Waals surface area contributed by atoms with Gasteiger partial charge < -0.3 is 15.0 Å². The minimum Gasteiger partial charge on any atom is -0.393 e. The van der Waals surface area contributed by atoms with Gasteiger partial charge in [0.1, 0.15) is 17.8 Å². The van der Waals surface area contributed by atoms with Crippen LogP contribution in [0.2, 0.25) is 0 Å². The summed E-state index contributed by atoms with van der Waals surface area (Å²) in [4.78, 5) is 8.97. The standard InChI is InChI=1S/C21H25N5O4S.ClH/c22-31(28,29)30-11-14-9-15(10-19(14)27)26-8-7-17-20(23-12-24-21(17)26)25-18-6-5-13-3-1-2-4-16(13)18;/h1-4,7-8,12,14-15,18-19,27H,5-6,9-11H2,(H2,22,28,29)(H,23,24,25);1H/t14?,15-,18?,19+;/m1./s1. The number of aliphatic hydroxyl groups is 1. The Balaban J connectivity index is 0.00000245. The van der Waals surface area contributed by atoms with Crippen LogP contribution in [0.15, 0.2) is 42.9 Å². The van der Waals surface area contributed by atoms with Crippen LogP contribution in [0.5, 0.6) is 0 Å². The second-order valence-electron chi connectivity index (χ2n) is 8.35. The maximum Gasteiger partial charge on any atom is 0.333 e. The number of aromatic nitrogens is 3. The van der Waals surface area contributed by atoms with E-state index in [1.165, 1.54) is 11.1 Å². The average molecular weight is 480 g/mol. The number of aliphatic hydroxyl groups excluding tert-OH is 1. The number of anilines is 1. The Labute approximate surface area is 192 Å². The molecule has 5 rings (SSSR count). The lowest BCUT2D eigenvalue weighted by molar-refractivity contribution is 0.100. The van der Waals surface area contributed by atoms with E-state index in [9.17, 15) is 13.5 Å². The van der Waals surface area contributed by atoms with Crippen LogP contribution in [0.25, 0.3) is 11.0 Å². The molecule has 2 heterocycles. The van der Waals surface area contributed by atoms with Crippen LogP contribution in [0.3, 0.4) is 0 Å². The highest BCUT2D eigenvalue weighted by atomic mass is 35.5. The summed E-state index contributed by atoms with van der Waals surface area (Å²) in [5, 5.41) is 19.8. The molecule has 4 N–H and O–H groups in total. The number of nitrogens with zero attached hydrogens (tertiary/aromatic N) is 3. The Morgan fingerprint density at radius 3 is 2.84 bits per heavy atom. The fourth-order valence-corrected chi connectivity index (χ4v) is 5.28. The number of benzene rings is 1. The van der Waals surface area contributed by atoms with Gasteiger partial charge in [0, 0.05) is 18.2 Å². The summed E-state index contributed by atoms with van der Waals surface area (Å²) >= 11 is 0. The zero-order valence-electron chi connectivity index (χ0n) is 17.3. The number of fused-ring (bicyclic) bond motifs is 2. The Morgan fingerprint density at radius 2 is 2.03 bits per heavy atom. The zero-order valence-corrected chi connectivity index (χ0v) is 18.9. The zero-order chi connectivity index (χ0) is 21.6. The van der Waals surface area contributed by atoms with Crippen LogP contribution in [0.1, 0.15) is 42.5 Å². The number of rotatable bonds is 6. The molecule has 2 unspecified atom stereocenters. The molecule has 2 aliphatic carbocycles. The molecular weight excluding hydrogens is 454 g/mol. The molecule has 0 aliphatic heterocycles. The highest BCUT2D eigenvalue weighted by Gasteiger charge is 2.35. The SMILES string of the molecule is Cl.NS(=O)(=O)OCC1C[C@@H](n2ccc3c(NC4CCc5ccccc54)ncnc32)C[C@@H]1O. The molecule has 2 aliphatic rings. The topological polar surface area (TPSA) is 132 Å². The quantitative estimate of drug-likeness (QED) is 0.494. The van der Waals surface area contributed by atoms with Crippen LogP contribution in [0.4, 0.5) is 5.82 Å². The lowest BCUT2D eigenvalue weighted by Gasteiger charge is -2.16. The second kappa shape index (κ2) is 8.95. The van der Waals surface area contributed by atoms with Gasteiger partial charge in [0.25, 0.3) is 0 Å². The van der Waals surface area contributed by atoms with Gasteiger partial charge in [0.05, 0.1) is 24.1 Å². The van der Waals surface area contributed by atoms with Crippen molar-refractivity contribution in [2.24, 2.45) is 11.1 Å². The van der Waals surface area contributed by atoms with Crippen LogP contribution in [0, 0.1) is 5.92 Å². The molecule has 11 heteroatoms. The third-order valence-corrected chi connectivity index (χ3v) is 6.89. The Bertz CT molecular complexity index is 1220. The van der Waals surface area contributed by atoms with Crippen molar-refractivity contribution in [3.05, 3.63) is 54.0 Å². The number of nitrogens with two attached hydrogens (primary N) is 1. The molecule has 0 saturated heterocycles. The third-order valence-electron chi connectivity index (χ3n) is 6.43. The van der Waals surface area contributed by atoms with E-state index in [4.69, 9.17) is 9.32 Å². The first-order valence-corrected chi connectivity index (χ1v) is 11.9. The van der Waals surface area contributed by atoms with E-state index in [1.807, 2.05) is 16.8 Å². The van der Waals surface area contributed by atoms with Crippen LogP contribution < -0.4 is 10.5 Å². The van der Waals surface area contributed by atoms with Gasteiger partial charge in [0.2, 0.25) is 0 Å². The summed E-state index contributed by atoms with van der Waals surface area (Å²) in [6, 6.07) is 10.6. The molecule has 9 nitrogen and oxygen atoms in total. The smallest absolute Gasteiger partial charge is 0.333 e. The molecular formula is C21H26ClN5O4S. The van der Waals surface area contributed by atoms with E-state index < -0.39 is 16.4 Å². The van der Waals surface area contributed by atoms with Gasteiger partial charge in [-0.25, -0.2) is 15.1 Å². The van der Waals surface area contributed by atoms with E-state index in [-0.39, 0.29) is 37.0 Å². The fourth-order valence-electron chi connectivity index (χ4n) is 4.92. The monoisotopic (exact) mass is 479 g/mol. The number of aryl methyl sites for hydroxylation is 1. The highest BCUT2D eigenvalue weighted by molar-refractivity contribution is 7.84. The van der Waals surface area contributed by atoms with Crippen molar-refractivity contribution in [3.8, 4) is 0 Å². The first-order valence-electron chi connectivity index (χ1n) is 10.4. The predicted molar refractivity (Wildman–Crippen MR) is 123 cm³/mol. The van der Waals surface area contributed by atoms with E-state index >= 15 is 0 Å². The molecule has 0 spiro atoms. The molecule has 172 valence electrons. The van der Waals surface area contributed by atoms with Gasteiger partial charge >= 0.3 is 10.3 Å². The number of hydrogen-bond acceptors (Lipinski definition) is 7. The number of nitrogens with one attached hydrogen (secondary N) is 1. The molecule has 0 radical (unpaired) electrons. The van der Waals surface area contributed by atoms with E-state index in [2.05, 4.69) is 39.6 Å². The maximum atomic E-state index is 11.1. The average Bonchev–Trinajstić information content (AvgIpc) is 3.43. The van der Waals surface area contributed by atoms with Crippen molar-refractivity contribution in [2.75, 3.05) is 11.9 Å². The summed E-state index contributed by atoms with van der Waals surface area (Å²) in [5.74, 6) is 0.480. The molecule has 1 saturated carbocycles. The minimum atomic E-state index is -4.03. The second-order valence-corrected chi connectivity index (χ2v) is 9.57. The largest absolute Gasteiger partial charge is 0.393 e. The van der Waals surface area contributed by atoms with Gasteiger partial charge in [-0.15, -0.1) is 12.4 Å². The first-order chi connectivity index (χ1) is 14.9. The first kappa shape index (κ1) is 22.9. The summed E-state index contributed by atoms with van der Waals surface area (Å²) in [5.41, 5.74) is 3.47. The third kappa shape index (κ3) is 4.46. The van der Waals surface area contributed by atoms with Gasteiger partial charge in [-0.2, -0.15) is 8.42 Å². The molecule has 1 aromatic carbocycles. The summed E-state index contributed by atoms with van der Waals surface area (Å²) in [6.07, 6.45) is 5.96. The predicted octanol–water partition coefficient (Wildman–Crippen LogP) is 2.48. The van der Waals surface area contributed by atoms with Gasteiger partial charge in [-0.05, 0) is 42.9 Å². The molecule has 4 atom stereocenters. The molecule has 32 heavy (non-hydrogen) atoms. The molecule has 1 fully saturated rings. The van der Waals surface area contributed by atoms with Gasteiger partial charge in [0.15, 0.2) is 0 Å². The minimum absolute atomic E-state index is 0. The Kier molecular flexibility index (Phi) is 6.42. The van der Waals surface area contributed by atoms with Crippen LogP contribution in [-0.4, -0.2) is 40.8 Å². The maximum absolute atomic E-state index is 11.1. The van der Waals surface area contributed by atoms with Crippen molar-refractivity contribution in [3.63, 3.8) is 0 Å². The normalized spacial score (nSPS) is 24.9. The highest BCUT2D eigenvalue weighted by Crippen LogP contribution is 2.39. The Hall–Kier alpha value is -2.24. The Morgan fingerprint density at radius 1 is 1.22 bits per heavy atom. The molecule has 2 aromatic heterocycles. The van der Waals surface area contributed by atoms with Crippen LogP contribution in [-0.2, 0) is 20.9 Å². The van der Waals surface area contributed by atoms with Crippen molar-refractivity contribution in [1.29, 1.82) is 0 Å². The van der Waals surface area contributed by atoms with E-state index in [1.54, 1.807) is 6.33 Å². The van der Waals surface area contributed by atoms with Crippen molar-refractivity contribution in [2.45, 2.75) is 43.9 Å². The van der Waals surface area contributed by atoms with Crippen molar-refractivity contribution in [1.82, 2.24) is 14.5 Å². The molecule has 0 bridgehead atoms. The molecule has 3 aromatic rings.